The molecule has 0 unspecified atom stereocenters. The van der Waals surface area contributed by atoms with Gasteiger partial charge in [-0.3, -0.25) is 14.6 Å². The van der Waals surface area contributed by atoms with E-state index in [1.807, 2.05) is 43.3 Å². The van der Waals surface area contributed by atoms with Gasteiger partial charge < -0.3 is 14.7 Å². The van der Waals surface area contributed by atoms with Gasteiger partial charge in [0, 0.05) is 24.5 Å². The summed E-state index contributed by atoms with van der Waals surface area (Å²) in [7, 11) is 0. The van der Waals surface area contributed by atoms with Crippen LogP contribution in [0.2, 0.25) is 0 Å². The van der Waals surface area contributed by atoms with Crippen molar-refractivity contribution < 1.29 is 19.4 Å². The second-order valence-electron chi connectivity index (χ2n) is 7.57. The first-order valence-corrected chi connectivity index (χ1v) is 10.6. The van der Waals surface area contributed by atoms with Gasteiger partial charge in [-0.1, -0.05) is 43.3 Å². The molecule has 1 fully saturated rings. The molecule has 0 saturated carbocycles. The molecule has 1 aliphatic rings. The van der Waals surface area contributed by atoms with E-state index in [2.05, 4.69) is 4.98 Å². The Balaban J connectivity index is 1.76. The highest BCUT2D eigenvalue weighted by Gasteiger charge is 2.46. The number of carbonyl (C=O) groups is 2. The number of aromatic nitrogens is 1. The molecule has 6 nitrogen and oxygen atoms in total. The number of hydrogen-bond donors (Lipinski definition) is 1. The highest BCUT2D eigenvalue weighted by molar-refractivity contribution is 6.46. The van der Waals surface area contributed by atoms with E-state index < -0.39 is 17.7 Å². The van der Waals surface area contributed by atoms with Gasteiger partial charge in [-0.25, -0.2) is 0 Å². The summed E-state index contributed by atoms with van der Waals surface area (Å²) in [5, 5.41) is 11.1. The van der Waals surface area contributed by atoms with Gasteiger partial charge in [0.15, 0.2) is 0 Å². The summed E-state index contributed by atoms with van der Waals surface area (Å²) in [6, 6.07) is 19.1. The van der Waals surface area contributed by atoms with Crippen LogP contribution in [0, 0.1) is 0 Å². The number of hydrogen-bond acceptors (Lipinski definition) is 5. The molecule has 162 valence electrons. The summed E-state index contributed by atoms with van der Waals surface area (Å²) in [6.07, 6.45) is 4.20. The number of aliphatic hydroxyl groups excluding tert-OH is 1. The number of nitrogens with zero attached hydrogens (tertiary/aromatic N) is 2. The first-order valence-electron chi connectivity index (χ1n) is 10.6. The van der Waals surface area contributed by atoms with Crippen LogP contribution in [0.15, 0.2) is 84.7 Å². The number of rotatable bonds is 7. The lowest BCUT2D eigenvalue weighted by Crippen LogP contribution is -2.29. The van der Waals surface area contributed by atoms with Crippen molar-refractivity contribution in [3.05, 3.63) is 101 Å². The number of aliphatic hydroxyl groups is 1. The lowest BCUT2D eigenvalue weighted by molar-refractivity contribution is -0.140. The van der Waals surface area contributed by atoms with Gasteiger partial charge >= 0.3 is 0 Å². The molecule has 1 aliphatic heterocycles. The first kappa shape index (κ1) is 21.3. The Kier molecular flexibility index (Phi) is 6.31. The molecule has 1 atom stereocenters. The molecule has 1 aromatic heterocycles. The van der Waals surface area contributed by atoms with E-state index in [0.717, 1.165) is 17.5 Å². The number of benzene rings is 2. The second-order valence-corrected chi connectivity index (χ2v) is 7.57. The minimum Gasteiger partial charge on any atom is -0.507 e. The Morgan fingerprint density at radius 1 is 1.03 bits per heavy atom. The summed E-state index contributed by atoms with van der Waals surface area (Å²) in [4.78, 5) is 31.7. The Labute approximate surface area is 186 Å². The molecule has 32 heavy (non-hydrogen) atoms. The van der Waals surface area contributed by atoms with Crippen molar-refractivity contribution in [3.63, 3.8) is 0 Å². The van der Waals surface area contributed by atoms with Gasteiger partial charge in [0.2, 0.25) is 0 Å². The topological polar surface area (TPSA) is 79.7 Å². The quantitative estimate of drug-likeness (QED) is 0.341. The van der Waals surface area contributed by atoms with E-state index in [-0.39, 0.29) is 17.9 Å². The fourth-order valence-corrected chi connectivity index (χ4v) is 3.80. The summed E-state index contributed by atoms with van der Waals surface area (Å²) in [5.41, 5.74) is 2.08. The molecular weight excluding hydrogens is 404 g/mol. The third-order valence-electron chi connectivity index (χ3n) is 5.33. The van der Waals surface area contributed by atoms with Crippen molar-refractivity contribution >= 4 is 17.4 Å². The van der Waals surface area contributed by atoms with Crippen molar-refractivity contribution in [2.75, 3.05) is 6.61 Å². The van der Waals surface area contributed by atoms with Crippen molar-refractivity contribution in [1.82, 2.24) is 9.88 Å². The Bertz CT molecular complexity index is 1130. The Hall–Kier alpha value is -3.93. The summed E-state index contributed by atoms with van der Waals surface area (Å²) < 4.78 is 5.59. The molecule has 0 spiro atoms. The molecule has 0 aliphatic carbocycles. The van der Waals surface area contributed by atoms with Crippen LogP contribution < -0.4 is 4.74 Å². The maximum atomic E-state index is 13.1. The predicted molar refractivity (Wildman–Crippen MR) is 121 cm³/mol. The number of ether oxygens (including phenoxy) is 1. The average Bonchev–Trinajstić information content (AvgIpc) is 3.09. The van der Waals surface area contributed by atoms with Gasteiger partial charge in [-0.15, -0.1) is 0 Å². The van der Waals surface area contributed by atoms with E-state index in [0.29, 0.717) is 17.9 Å². The van der Waals surface area contributed by atoms with Crippen LogP contribution in [0.3, 0.4) is 0 Å². The van der Waals surface area contributed by atoms with Gasteiger partial charge in [0.05, 0.1) is 18.2 Å². The maximum Gasteiger partial charge on any atom is 0.295 e. The van der Waals surface area contributed by atoms with Crippen molar-refractivity contribution in [3.8, 4) is 5.75 Å². The van der Waals surface area contributed by atoms with Crippen molar-refractivity contribution in [1.29, 1.82) is 0 Å². The fraction of sp³-hybridized carbons (Fsp3) is 0.192. The molecule has 0 radical (unpaired) electrons. The number of carbonyl (C=O) groups excluding carboxylic acids is 2. The number of amides is 1. The third kappa shape index (κ3) is 4.25. The predicted octanol–water partition coefficient (Wildman–Crippen LogP) is 4.49. The number of likely N-dealkylation sites (tertiary alicyclic amines) is 1. The molecule has 3 aromatic rings. The van der Waals surface area contributed by atoms with Crippen molar-refractivity contribution in [2.45, 2.75) is 25.9 Å². The number of ketones is 1. The molecule has 1 N–H and O–H groups in total. The number of Topliss-reactive ketones (excluding diaryl/α,β-unsaturated/α-hetero) is 1. The smallest absolute Gasteiger partial charge is 0.295 e. The van der Waals surface area contributed by atoms with E-state index in [9.17, 15) is 14.7 Å². The van der Waals surface area contributed by atoms with Gasteiger partial charge in [-0.05, 0) is 47.9 Å². The van der Waals surface area contributed by atoms with Crippen LogP contribution >= 0.6 is 0 Å². The SMILES string of the molecule is CCCOc1ccc(C(O)=C2C(=O)C(=O)N(Cc3cccnc3)[C@H]2c2ccccc2)cc1. The Morgan fingerprint density at radius 2 is 1.78 bits per heavy atom. The lowest BCUT2D eigenvalue weighted by Gasteiger charge is -2.25. The zero-order valence-electron chi connectivity index (χ0n) is 17.8. The first-order chi connectivity index (χ1) is 15.6. The van der Waals surface area contributed by atoms with Crippen LogP contribution in [0.1, 0.15) is 36.1 Å². The van der Waals surface area contributed by atoms with E-state index >= 15 is 0 Å². The summed E-state index contributed by atoms with van der Waals surface area (Å²) in [6.45, 7) is 2.83. The fourth-order valence-electron chi connectivity index (χ4n) is 3.80. The zero-order chi connectivity index (χ0) is 22.5. The normalized spacial score (nSPS) is 17.5. The minimum atomic E-state index is -0.702. The third-order valence-corrected chi connectivity index (χ3v) is 5.33. The minimum absolute atomic E-state index is 0.0762. The highest BCUT2D eigenvalue weighted by atomic mass is 16.5. The molecule has 1 saturated heterocycles. The van der Waals surface area contributed by atoms with Crippen LogP contribution in [0.5, 0.6) is 5.75 Å². The maximum absolute atomic E-state index is 13.1. The molecular formula is C26H24N2O4. The zero-order valence-corrected chi connectivity index (χ0v) is 17.8. The van der Waals surface area contributed by atoms with Crippen molar-refractivity contribution in [2.24, 2.45) is 0 Å². The van der Waals surface area contributed by atoms with Crippen LogP contribution in [-0.2, 0) is 16.1 Å². The number of pyridine rings is 1. The lowest BCUT2D eigenvalue weighted by atomic mass is 9.95. The monoisotopic (exact) mass is 428 g/mol. The standard InChI is InChI=1S/C26H24N2O4/c1-2-15-32-21-12-10-20(11-13-21)24(29)22-23(19-8-4-3-5-9-19)28(26(31)25(22)30)17-18-7-6-14-27-16-18/h3-14,16,23,29H,2,15,17H2,1H3/t23-/m0/s1. The molecule has 2 aromatic carbocycles. The van der Waals surface area contributed by atoms with E-state index in [4.69, 9.17) is 4.74 Å². The van der Waals surface area contributed by atoms with Gasteiger partial charge in [-0.2, -0.15) is 0 Å². The molecule has 1 amide bonds. The van der Waals surface area contributed by atoms with Crippen LogP contribution in [-0.4, -0.2) is 33.3 Å². The van der Waals surface area contributed by atoms with Gasteiger partial charge in [0.25, 0.3) is 11.7 Å². The largest absolute Gasteiger partial charge is 0.507 e. The van der Waals surface area contributed by atoms with Gasteiger partial charge in [0.1, 0.15) is 11.5 Å². The summed E-state index contributed by atoms with van der Waals surface area (Å²) >= 11 is 0. The summed E-state index contributed by atoms with van der Waals surface area (Å²) in [5.74, 6) is -0.869. The van der Waals surface area contributed by atoms with Crippen LogP contribution in [0.4, 0.5) is 0 Å². The highest BCUT2D eigenvalue weighted by Crippen LogP contribution is 2.40. The molecule has 6 heteroatoms. The van der Waals surface area contributed by atoms with E-state index in [1.54, 1.807) is 42.7 Å². The second kappa shape index (κ2) is 9.47. The molecule has 0 bridgehead atoms. The van der Waals surface area contributed by atoms with Crippen LogP contribution in [0.25, 0.3) is 5.76 Å². The average molecular weight is 428 g/mol. The molecule has 4 rings (SSSR count). The Morgan fingerprint density at radius 3 is 2.44 bits per heavy atom. The molecule has 2 heterocycles. The van der Waals surface area contributed by atoms with E-state index in [1.165, 1.54) is 4.90 Å².